The molecule has 0 radical (unpaired) electrons. The largest absolute Gasteiger partial charge is 0.354 e. The molecule has 236 valence electrons. The monoisotopic (exact) mass is 685 g/mol. The second-order valence-electron chi connectivity index (χ2n) is 10.9. The van der Waals surface area contributed by atoms with Crippen molar-refractivity contribution in [1.29, 1.82) is 0 Å². The number of halogens is 3. The molecule has 0 heterocycles. The minimum absolute atomic E-state index is 0.0190. The standard InChI is InChI=1S/C34H34Cl3N3O4S/c1-24(2)21-38-34(42)31(20-25-10-5-3-6-11-25)39(22-26-16-18-27(35)19-17-26)32(41)23-40(30-15-9-14-29(36)33(30)37)45(43,44)28-12-7-4-8-13-28/h3-19,24,31H,20-23H2,1-2H3,(H,38,42). The quantitative estimate of drug-likeness (QED) is 0.161. The summed E-state index contributed by atoms with van der Waals surface area (Å²) in [6.45, 7) is 3.73. The summed E-state index contributed by atoms with van der Waals surface area (Å²) >= 11 is 19.0. The summed E-state index contributed by atoms with van der Waals surface area (Å²) in [6, 6.07) is 27.6. The van der Waals surface area contributed by atoms with Gasteiger partial charge in [-0.2, -0.15) is 0 Å². The topological polar surface area (TPSA) is 86.8 Å². The number of sulfonamides is 1. The highest BCUT2D eigenvalue weighted by atomic mass is 35.5. The third-order valence-corrected chi connectivity index (χ3v) is 9.87. The number of nitrogens with one attached hydrogen (secondary N) is 1. The van der Waals surface area contributed by atoms with Gasteiger partial charge in [-0.3, -0.25) is 13.9 Å². The summed E-state index contributed by atoms with van der Waals surface area (Å²) in [7, 11) is -4.30. The number of benzene rings is 4. The van der Waals surface area contributed by atoms with E-state index in [2.05, 4.69) is 5.32 Å². The lowest BCUT2D eigenvalue weighted by Crippen LogP contribution is -2.53. The third kappa shape index (κ3) is 9.01. The summed E-state index contributed by atoms with van der Waals surface area (Å²) in [5, 5.41) is 3.59. The van der Waals surface area contributed by atoms with E-state index >= 15 is 0 Å². The zero-order chi connectivity index (χ0) is 32.6. The molecule has 0 saturated heterocycles. The molecule has 45 heavy (non-hydrogen) atoms. The molecule has 0 aliphatic heterocycles. The molecule has 0 saturated carbocycles. The fourth-order valence-electron chi connectivity index (χ4n) is 4.68. The fraction of sp³-hybridized carbons (Fsp3) is 0.235. The summed E-state index contributed by atoms with van der Waals surface area (Å²) in [6.07, 6.45) is 0.202. The van der Waals surface area contributed by atoms with E-state index in [0.29, 0.717) is 17.1 Å². The number of carbonyl (C=O) groups excluding carboxylic acids is 2. The molecular weight excluding hydrogens is 653 g/mol. The van der Waals surface area contributed by atoms with Crippen molar-refractivity contribution in [1.82, 2.24) is 10.2 Å². The van der Waals surface area contributed by atoms with E-state index in [4.69, 9.17) is 34.8 Å². The predicted octanol–water partition coefficient (Wildman–Crippen LogP) is 7.25. The molecule has 0 fully saturated rings. The highest BCUT2D eigenvalue weighted by molar-refractivity contribution is 7.92. The Kier molecular flexibility index (Phi) is 11.9. The lowest BCUT2D eigenvalue weighted by Gasteiger charge is -2.34. The summed E-state index contributed by atoms with van der Waals surface area (Å²) in [5.41, 5.74) is 1.58. The van der Waals surface area contributed by atoms with E-state index in [9.17, 15) is 18.0 Å². The summed E-state index contributed by atoms with van der Waals surface area (Å²) < 4.78 is 29.1. The highest BCUT2D eigenvalue weighted by Gasteiger charge is 2.35. The van der Waals surface area contributed by atoms with Crippen molar-refractivity contribution in [2.24, 2.45) is 5.92 Å². The first kappa shape index (κ1) is 34.3. The van der Waals surface area contributed by atoms with Gasteiger partial charge in [0.2, 0.25) is 11.8 Å². The van der Waals surface area contributed by atoms with Crippen molar-refractivity contribution in [2.45, 2.75) is 37.8 Å². The van der Waals surface area contributed by atoms with Gasteiger partial charge in [-0.25, -0.2) is 8.42 Å². The van der Waals surface area contributed by atoms with Crippen LogP contribution in [0, 0.1) is 5.92 Å². The maximum Gasteiger partial charge on any atom is 0.264 e. The van der Waals surface area contributed by atoms with Crippen LogP contribution >= 0.6 is 34.8 Å². The fourth-order valence-corrected chi connectivity index (χ4v) is 6.70. The minimum Gasteiger partial charge on any atom is -0.354 e. The van der Waals surface area contributed by atoms with Crippen LogP contribution in [0.4, 0.5) is 5.69 Å². The Labute approximate surface area is 279 Å². The number of nitrogens with zero attached hydrogens (tertiary/aromatic N) is 2. The molecule has 7 nitrogen and oxygen atoms in total. The molecule has 0 aliphatic carbocycles. The van der Waals surface area contributed by atoms with Crippen molar-refractivity contribution in [3.8, 4) is 0 Å². The average molecular weight is 687 g/mol. The normalized spacial score (nSPS) is 12.0. The molecule has 0 spiro atoms. The molecule has 11 heteroatoms. The Bertz CT molecular complexity index is 1700. The van der Waals surface area contributed by atoms with Crippen LogP contribution < -0.4 is 9.62 Å². The van der Waals surface area contributed by atoms with E-state index in [1.807, 2.05) is 44.2 Å². The van der Waals surface area contributed by atoms with Gasteiger partial charge >= 0.3 is 0 Å². The van der Waals surface area contributed by atoms with Crippen molar-refractivity contribution in [3.63, 3.8) is 0 Å². The average Bonchev–Trinajstić information content (AvgIpc) is 3.03. The Morgan fingerprint density at radius 2 is 1.40 bits per heavy atom. The molecule has 2 amide bonds. The van der Waals surface area contributed by atoms with E-state index in [1.54, 1.807) is 48.5 Å². The van der Waals surface area contributed by atoms with Gasteiger partial charge in [0.05, 0.1) is 20.6 Å². The van der Waals surface area contributed by atoms with Gasteiger partial charge in [0, 0.05) is 24.5 Å². The molecule has 0 bridgehead atoms. The first-order chi connectivity index (χ1) is 21.5. The van der Waals surface area contributed by atoms with Crippen molar-refractivity contribution < 1.29 is 18.0 Å². The lowest BCUT2D eigenvalue weighted by atomic mass is 10.0. The van der Waals surface area contributed by atoms with Crippen LogP contribution in [-0.2, 0) is 32.6 Å². The molecule has 4 rings (SSSR count). The van der Waals surface area contributed by atoms with Gasteiger partial charge in [0.1, 0.15) is 12.6 Å². The predicted molar refractivity (Wildman–Crippen MR) is 181 cm³/mol. The maximum atomic E-state index is 14.5. The van der Waals surface area contributed by atoms with E-state index in [0.717, 1.165) is 9.87 Å². The minimum atomic E-state index is -4.30. The van der Waals surface area contributed by atoms with Crippen molar-refractivity contribution in [2.75, 3.05) is 17.4 Å². The molecule has 1 unspecified atom stereocenters. The van der Waals surface area contributed by atoms with Gasteiger partial charge in [-0.15, -0.1) is 0 Å². The Morgan fingerprint density at radius 1 is 0.778 bits per heavy atom. The van der Waals surface area contributed by atoms with Crippen molar-refractivity contribution >= 4 is 62.3 Å². The molecule has 0 aromatic heterocycles. The maximum absolute atomic E-state index is 14.5. The summed E-state index contributed by atoms with van der Waals surface area (Å²) in [5.74, 6) is -0.794. The van der Waals surface area contributed by atoms with Crippen LogP contribution in [0.5, 0.6) is 0 Å². The Hall–Kier alpha value is -3.56. The molecule has 1 N–H and O–H groups in total. The van der Waals surface area contributed by atoms with E-state index in [1.165, 1.54) is 29.2 Å². The van der Waals surface area contributed by atoms with Gasteiger partial charge in [0.15, 0.2) is 0 Å². The number of hydrogen-bond donors (Lipinski definition) is 1. The molecule has 4 aromatic rings. The number of hydrogen-bond acceptors (Lipinski definition) is 4. The Balaban J connectivity index is 1.82. The SMILES string of the molecule is CC(C)CNC(=O)C(Cc1ccccc1)N(Cc1ccc(Cl)cc1)C(=O)CN(c1cccc(Cl)c1Cl)S(=O)(=O)c1ccccc1. The molecule has 4 aromatic carbocycles. The van der Waals surface area contributed by atoms with Crippen LogP contribution in [0.3, 0.4) is 0 Å². The smallest absolute Gasteiger partial charge is 0.264 e. The van der Waals surface area contributed by atoms with Crippen LogP contribution in [0.1, 0.15) is 25.0 Å². The van der Waals surface area contributed by atoms with Crippen LogP contribution in [0.15, 0.2) is 108 Å². The number of anilines is 1. The first-order valence-corrected chi connectivity index (χ1v) is 16.9. The molecule has 0 aliphatic rings. The molecular formula is C34H34Cl3N3O4S. The number of rotatable bonds is 13. The number of carbonyl (C=O) groups is 2. The van der Waals surface area contributed by atoms with Gasteiger partial charge < -0.3 is 10.2 Å². The Morgan fingerprint density at radius 3 is 2.02 bits per heavy atom. The second-order valence-corrected chi connectivity index (χ2v) is 14.0. The van der Waals surface area contributed by atoms with Crippen LogP contribution in [0.25, 0.3) is 0 Å². The van der Waals surface area contributed by atoms with Crippen LogP contribution in [0.2, 0.25) is 15.1 Å². The molecule has 1 atom stereocenters. The van der Waals surface area contributed by atoms with Gasteiger partial charge in [-0.1, -0.05) is 115 Å². The van der Waals surface area contributed by atoms with Gasteiger partial charge in [-0.05, 0) is 53.4 Å². The van der Waals surface area contributed by atoms with E-state index in [-0.39, 0.29) is 45.4 Å². The summed E-state index contributed by atoms with van der Waals surface area (Å²) in [4.78, 5) is 29.7. The highest BCUT2D eigenvalue weighted by Crippen LogP contribution is 2.35. The zero-order valence-electron chi connectivity index (χ0n) is 24.9. The van der Waals surface area contributed by atoms with Crippen molar-refractivity contribution in [3.05, 3.63) is 129 Å². The van der Waals surface area contributed by atoms with Crippen LogP contribution in [-0.4, -0.2) is 44.3 Å². The first-order valence-electron chi connectivity index (χ1n) is 14.3. The third-order valence-electron chi connectivity index (χ3n) is 7.03. The van der Waals surface area contributed by atoms with Gasteiger partial charge in [0.25, 0.3) is 10.0 Å². The number of amides is 2. The lowest BCUT2D eigenvalue weighted by molar-refractivity contribution is -0.140. The second kappa shape index (κ2) is 15.6. The zero-order valence-corrected chi connectivity index (χ0v) is 28.0. The van der Waals surface area contributed by atoms with E-state index < -0.39 is 28.5 Å².